The van der Waals surface area contributed by atoms with Crippen molar-refractivity contribution >= 4 is 5.91 Å². The third kappa shape index (κ3) is 3.74. The number of nitrogens with zero attached hydrogens (tertiary/aromatic N) is 2. The van der Waals surface area contributed by atoms with E-state index < -0.39 is 0 Å². The average molecular weight is 323 g/mol. The molecule has 3 rings (SSSR count). The molecule has 1 N–H and O–H groups in total. The van der Waals surface area contributed by atoms with Gasteiger partial charge in [-0.3, -0.25) is 9.48 Å². The summed E-state index contributed by atoms with van der Waals surface area (Å²) in [7, 11) is 0. The minimum atomic E-state index is -0.106. The van der Waals surface area contributed by atoms with Gasteiger partial charge in [-0.1, -0.05) is 37.3 Å². The third-order valence-electron chi connectivity index (χ3n) is 4.05. The quantitative estimate of drug-likeness (QED) is 0.724. The molecule has 0 aliphatic carbocycles. The number of furan rings is 1. The standard InChI is InChI=1S/C19H21N3O2/c1-2-18(15-6-4-3-5-7-15)19(23)20-9-10-22-13-17(12-21-22)16-8-11-24-14-16/h3-8,11-14,18H,2,9-10H2,1H3,(H,20,23). The van der Waals surface area contributed by atoms with E-state index in [1.54, 1.807) is 18.7 Å². The Morgan fingerprint density at radius 3 is 2.79 bits per heavy atom. The van der Waals surface area contributed by atoms with Gasteiger partial charge in [0.1, 0.15) is 0 Å². The Balaban J connectivity index is 1.53. The van der Waals surface area contributed by atoms with Crippen molar-refractivity contribution in [1.29, 1.82) is 0 Å². The van der Waals surface area contributed by atoms with Crippen molar-refractivity contribution in [3.63, 3.8) is 0 Å². The Morgan fingerprint density at radius 1 is 1.25 bits per heavy atom. The van der Waals surface area contributed by atoms with Crippen LogP contribution in [-0.4, -0.2) is 22.2 Å². The van der Waals surface area contributed by atoms with Crippen molar-refractivity contribution in [3.8, 4) is 11.1 Å². The van der Waals surface area contributed by atoms with Crippen LogP contribution in [-0.2, 0) is 11.3 Å². The molecule has 3 aromatic rings. The number of amides is 1. The number of hydrogen-bond acceptors (Lipinski definition) is 3. The molecule has 2 heterocycles. The Morgan fingerprint density at radius 2 is 2.08 bits per heavy atom. The van der Waals surface area contributed by atoms with E-state index in [-0.39, 0.29) is 11.8 Å². The predicted octanol–water partition coefficient (Wildman–Crippen LogP) is 3.45. The summed E-state index contributed by atoms with van der Waals surface area (Å²) in [5, 5.41) is 7.32. The van der Waals surface area contributed by atoms with Crippen LogP contribution in [0, 0.1) is 0 Å². The highest BCUT2D eigenvalue weighted by atomic mass is 16.3. The van der Waals surface area contributed by atoms with Crippen LogP contribution in [0.4, 0.5) is 0 Å². The SMILES string of the molecule is CCC(C(=O)NCCn1cc(-c2ccoc2)cn1)c1ccccc1. The number of carbonyl (C=O) groups excluding carboxylic acids is 1. The second-order valence-corrected chi connectivity index (χ2v) is 5.67. The van der Waals surface area contributed by atoms with Gasteiger partial charge in [-0.15, -0.1) is 0 Å². The zero-order valence-corrected chi connectivity index (χ0v) is 13.7. The van der Waals surface area contributed by atoms with E-state index in [0.29, 0.717) is 13.1 Å². The molecule has 2 aromatic heterocycles. The van der Waals surface area contributed by atoms with Crippen molar-refractivity contribution in [3.05, 3.63) is 66.9 Å². The summed E-state index contributed by atoms with van der Waals surface area (Å²) in [6.07, 6.45) is 7.86. The fraction of sp³-hybridized carbons (Fsp3) is 0.263. The van der Waals surface area contributed by atoms with E-state index in [1.165, 1.54) is 0 Å². The first-order chi connectivity index (χ1) is 11.8. The molecule has 1 amide bonds. The van der Waals surface area contributed by atoms with E-state index >= 15 is 0 Å². The van der Waals surface area contributed by atoms with Gasteiger partial charge in [-0.25, -0.2) is 0 Å². The van der Waals surface area contributed by atoms with Gasteiger partial charge < -0.3 is 9.73 Å². The van der Waals surface area contributed by atoms with Gasteiger partial charge in [0.05, 0.1) is 31.2 Å². The zero-order valence-electron chi connectivity index (χ0n) is 13.7. The normalized spacial score (nSPS) is 12.0. The topological polar surface area (TPSA) is 60.1 Å². The highest BCUT2D eigenvalue weighted by Gasteiger charge is 2.17. The van der Waals surface area contributed by atoms with Crippen molar-refractivity contribution in [2.45, 2.75) is 25.8 Å². The molecule has 24 heavy (non-hydrogen) atoms. The number of hydrogen-bond donors (Lipinski definition) is 1. The molecular weight excluding hydrogens is 302 g/mol. The molecular formula is C19H21N3O2. The predicted molar refractivity (Wildman–Crippen MR) is 92.4 cm³/mol. The van der Waals surface area contributed by atoms with Crippen LogP contribution >= 0.6 is 0 Å². The minimum absolute atomic E-state index is 0.0610. The molecule has 0 bridgehead atoms. The second kappa shape index (κ2) is 7.64. The van der Waals surface area contributed by atoms with Crippen LogP contribution in [0.25, 0.3) is 11.1 Å². The van der Waals surface area contributed by atoms with Crippen LogP contribution in [0.1, 0.15) is 24.8 Å². The van der Waals surface area contributed by atoms with Gasteiger partial charge >= 0.3 is 0 Å². The lowest BCUT2D eigenvalue weighted by molar-refractivity contribution is -0.122. The summed E-state index contributed by atoms with van der Waals surface area (Å²) in [5.41, 5.74) is 3.06. The zero-order chi connectivity index (χ0) is 16.8. The van der Waals surface area contributed by atoms with E-state index in [0.717, 1.165) is 23.1 Å². The first-order valence-corrected chi connectivity index (χ1v) is 8.15. The second-order valence-electron chi connectivity index (χ2n) is 5.67. The maximum atomic E-state index is 12.4. The van der Waals surface area contributed by atoms with Crippen molar-refractivity contribution in [2.75, 3.05) is 6.54 Å². The van der Waals surface area contributed by atoms with Crippen LogP contribution in [0.3, 0.4) is 0 Å². The summed E-state index contributed by atoms with van der Waals surface area (Å²) in [6, 6.07) is 11.8. The molecule has 0 radical (unpaired) electrons. The summed E-state index contributed by atoms with van der Waals surface area (Å²) in [4.78, 5) is 12.4. The van der Waals surface area contributed by atoms with Gasteiger partial charge in [0.15, 0.2) is 0 Å². The molecule has 0 spiro atoms. The lowest BCUT2D eigenvalue weighted by Crippen LogP contribution is -2.31. The maximum absolute atomic E-state index is 12.4. The van der Waals surface area contributed by atoms with Crippen molar-refractivity contribution < 1.29 is 9.21 Å². The molecule has 124 valence electrons. The lowest BCUT2D eigenvalue weighted by Gasteiger charge is -2.15. The van der Waals surface area contributed by atoms with Gasteiger partial charge in [0.2, 0.25) is 5.91 Å². The molecule has 0 saturated carbocycles. The minimum Gasteiger partial charge on any atom is -0.472 e. The summed E-state index contributed by atoms with van der Waals surface area (Å²) in [6.45, 7) is 3.21. The highest BCUT2D eigenvalue weighted by molar-refractivity contribution is 5.83. The van der Waals surface area contributed by atoms with E-state index in [9.17, 15) is 4.79 Å². The monoisotopic (exact) mass is 323 g/mol. The van der Waals surface area contributed by atoms with Crippen LogP contribution < -0.4 is 5.32 Å². The van der Waals surface area contributed by atoms with Crippen molar-refractivity contribution in [2.24, 2.45) is 0 Å². The van der Waals surface area contributed by atoms with Gasteiger partial charge in [-0.2, -0.15) is 5.10 Å². The number of rotatable bonds is 7. The molecule has 5 heteroatoms. The Hall–Kier alpha value is -2.82. The molecule has 1 unspecified atom stereocenters. The Labute approximate surface area is 141 Å². The van der Waals surface area contributed by atoms with Gasteiger partial charge in [0.25, 0.3) is 0 Å². The van der Waals surface area contributed by atoms with Crippen LogP contribution in [0.2, 0.25) is 0 Å². The number of aromatic nitrogens is 2. The van der Waals surface area contributed by atoms with E-state index in [2.05, 4.69) is 10.4 Å². The van der Waals surface area contributed by atoms with E-state index in [4.69, 9.17) is 4.42 Å². The molecule has 0 fully saturated rings. The lowest BCUT2D eigenvalue weighted by atomic mass is 9.96. The Kier molecular flexibility index (Phi) is 5.11. The molecule has 1 aromatic carbocycles. The smallest absolute Gasteiger partial charge is 0.227 e. The molecule has 0 aliphatic heterocycles. The number of benzene rings is 1. The van der Waals surface area contributed by atoms with E-state index in [1.807, 2.05) is 54.2 Å². The van der Waals surface area contributed by atoms with Crippen LogP contribution in [0.5, 0.6) is 0 Å². The molecule has 1 atom stereocenters. The maximum Gasteiger partial charge on any atom is 0.227 e. The Bertz CT molecular complexity index is 763. The molecule has 5 nitrogen and oxygen atoms in total. The number of carbonyl (C=O) groups is 1. The fourth-order valence-corrected chi connectivity index (χ4v) is 2.74. The first-order valence-electron chi connectivity index (χ1n) is 8.15. The molecule has 0 saturated heterocycles. The first kappa shape index (κ1) is 16.1. The average Bonchev–Trinajstić information content (AvgIpc) is 3.28. The molecule has 0 aliphatic rings. The highest BCUT2D eigenvalue weighted by Crippen LogP contribution is 2.19. The number of nitrogens with one attached hydrogen (secondary N) is 1. The summed E-state index contributed by atoms with van der Waals surface area (Å²) < 4.78 is 6.90. The van der Waals surface area contributed by atoms with Crippen molar-refractivity contribution in [1.82, 2.24) is 15.1 Å². The fourth-order valence-electron chi connectivity index (χ4n) is 2.74. The summed E-state index contributed by atoms with van der Waals surface area (Å²) >= 11 is 0. The largest absolute Gasteiger partial charge is 0.472 e. The van der Waals surface area contributed by atoms with Crippen LogP contribution in [0.15, 0.2) is 65.7 Å². The third-order valence-corrected chi connectivity index (χ3v) is 4.05. The van der Waals surface area contributed by atoms with Gasteiger partial charge in [0, 0.05) is 23.9 Å². The summed E-state index contributed by atoms with van der Waals surface area (Å²) in [5.74, 6) is -0.0452. The van der Waals surface area contributed by atoms with Gasteiger partial charge in [-0.05, 0) is 18.1 Å².